The zero-order valence-electron chi connectivity index (χ0n) is 21.2. The number of fused-ring (bicyclic) bond motifs is 1. The normalized spacial score (nSPS) is 28.9. The van der Waals surface area contributed by atoms with Crippen molar-refractivity contribution in [2.45, 2.75) is 72.5 Å². The summed E-state index contributed by atoms with van der Waals surface area (Å²) in [6.07, 6.45) is 0.719. The summed E-state index contributed by atoms with van der Waals surface area (Å²) in [5.74, 6) is -2.12. The van der Waals surface area contributed by atoms with Gasteiger partial charge >= 0.3 is 5.97 Å². The van der Waals surface area contributed by atoms with Crippen molar-refractivity contribution in [1.82, 2.24) is 20.9 Å². The maximum absolute atomic E-state index is 13.6. The van der Waals surface area contributed by atoms with Gasteiger partial charge in [0.15, 0.2) is 0 Å². The lowest BCUT2D eigenvalue weighted by Crippen LogP contribution is -2.60. The number of ether oxygens (including phenoxy) is 1. The van der Waals surface area contributed by atoms with Gasteiger partial charge in [-0.15, -0.1) is 0 Å². The minimum Gasteiger partial charge on any atom is -0.467 e. The van der Waals surface area contributed by atoms with Crippen LogP contribution in [0.4, 0.5) is 0 Å². The standard InChI is InChI=1S/C24H38N4O6/c1-12(29)26-18(23(2,3)4)21(32)28-11-14-16(24(14,5)6)17(28)20(31)27-15(22(33)34-7)10-13-8-9-25-19(13)30/h13-18H,8-11H2,1-7H3,(H,25,30)(H,26,29)(H,27,31)/t13-,14-,15-,16-,17-,18?/m0/s1. The number of hydrogen-bond acceptors (Lipinski definition) is 6. The summed E-state index contributed by atoms with van der Waals surface area (Å²) in [7, 11) is 1.24. The summed E-state index contributed by atoms with van der Waals surface area (Å²) in [5, 5.41) is 8.27. The van der Waals surface area contributed by atoms with Crippen molar-refractivity contribution in [3.05, 3.63) is 0 Å². The highest BCUT2D eigenvalue weighted by Crippen LogP contribution is 2.65. The quantitative estimate of drug-likeness (QED) is 0.448. The number of nitrogens with one attached hydrogen (secondary N) is 3. The van der Waals surface area contributed by atoms with E-state index in [1.165, 1.54) is 14.0 Å². The Balaban J connectivity index is 1.83. The maximum atomic E-state index is 13.6. The zero-order valence-corrected chi connectivity index (χ0v) is 21.2. The second kappa shape index (κ2) is 9.19. The van der Waals surface area contributed by atoms with Gasteiger partial charge in [0.05, 0.1) is 7.11 Å². The lowest BCUT2D eigenvalue weighted by atomic mass is 9.85. The molecule has 1 aliphatic carbocycles. The first-order chi connectivity index (χ1) is 15.7. The molecule has 4 amide bonds. The number of piperidine rings is 1. The van der Waals surface area contributed by atoms with E-state index in [1.807, 2.05) is 20.8 Å². The molecule has 10 nitrogen and oxygen atoms in total. The lowest BCUT2D eigenvalue weighted by Gasteiger charge is -2.37. The molecule has 2 heterocycles. The topological polar surface area (TPSA) is 134 Å². The third-order valence-electron chi connectivity index (χ3n) is 7.71. The summed E-state index contributed by atoms with van der Waals surface area (Å²) in [6, 6.07) is -2.55. The lowest BCUT2D eigenvalue weighted by molar-refractivity contribution is -0.149. The molecule has 0 aromatic rings. The van der Waals surface area contributed by atoms with E-state index in [9.17, 15) is 24.0 Å². The van der Waals surface area contributed by atoms with Gasteiger partial charge in [-0.3, -0.25) is 19.2 Å². The summed E-state index contributed by atoms with van der Waals surface area (Å²) in [6.45, 7) is 12.0. The first kappa shape index (κ1) is 26.0. The van der Waals surface area contributed by atoms with Gasteiger partial charge in [0, 0.05) is 25.9 Å². The number of rotatable bonds is 7. The van der Waals surface area contributed by atoms with E-state index < -0.39 is 35.4 Å². The van der Waals surface area contributed by atoms with Gasteiger partial charge in [-0.25, -0.2) is 4.79 Å². The van der Waals surface area contributed by atoms with Crippen LogP contribution in [-0.2, 0) is 28.7 Å². The average Bonchev–Trinajstić information content (AvgIpc) is 3.10. The van der Waals surface area contributed by atoms with Crippen LogP contribution in [0.15, 0.2) is 0 Å². The van der Waals surface area contributed by atoms with Crippen LogP contribution in [0, 0.1) is 28.6 Å². The molecule has 0 radical (unpaired) electrons. The van der Waals surface area contributed by atoms with Crippen LogP contribution in [0.1, 0.15) is 54.4 Å². The fourth-order valence-corrected chi connectivity index (χ4v) is 5.60. The van der Waals surface area contributed by atoms with E-state index in [2.05, 4.69) is 29.8 Å². The Hall–Kier alpha value is -2.65. The van der Waals surface area contributed by atoms with Crippen molar-refractivity contribution in [3.8, 4) is 0 Å². The first-order valence-corrected chi connectivity index (χ1v) is 11.9. The molecule has 10 heteroatoms. The van der Waals surface area contributed by atoms with Gasteiger partial charge in [0.2, 0.25) is 23.6 Å². The Morgan fingerprint density at radius 1 is 1.21 bits per heavy atom. The molecule has 2 aliphatic heterocycles. The number of carbonyl (C=O) groups excluding carboxylic acids is 5. The molecule has 3 aliphatic rings. The molecule has 0 bridgehead atoms. The minimum absolute atomic E-state index is 0.0533. The molecule has 0 aromatic heterocycles. The minimum atomic E-state index is -0.988. The third kappa shape index (κ3) is 4.90. The van der Waals surface area contributed by atoms with Crippen molar-refractivity contribution < 1.29 is 28.7 Å². The highest BCUT2D eigenvalue weighted by Gasteiger charge is 2.69. The first-order valence-electron chi connectivity index (χ1n) is 11.9. The van der Waals surface area contributed by atoms with Crippen LogP contribution in [0.5, 0.6) is 0 Å². The Morgan fingerprint density at radius 3 is 2.35 bits per heavy atom. The van der Waals surface area contributed by atoms with E-state index in [0.29, 0.717) is 19.5 Å². The SMILES string of the molecule is COC(=O)[C@H](C[C@@H]1CCNC1=O)NC(=O)[C@@H]1[C@@H]2[C@H](CN1C(=O)C(NC(C)=O)C(C)(C)C)C2(C)C. The summed E-state index contributed by atoms with van der Waals surface area (Å²) >= 11 is 0. The summed E-state index contributed by atoms with van der Waals surface area (Å²) in [4.78, 5) is 65.0. The van der Waals surface area contributed by atoms with E-state index in [0.717, 1.165) is 0 Å². The van der Waals surface area contributed by atoms with Crippen LogP contribution in [0.2, 0.25) is 0 Å². The van der Waals surface area contributed by atoms with Crippen molar-refractivity contribution in [2.75, 3.05) is 20.2 Å². The highest BCUT2D eigenvalue weighted by atomic mass is 16.5. The van der Waals surface area contributed by atoms with Crippen molar-refractivity contribution >= 4 is 29.6 Å². The Kier molecular flexibility index (Phi) is 7.01. The highest BCUT2D eigenvalue weighted by molar-refractivity contribution is 5.95. The van der Waals surface area contributed by atoms with Gasteiger partial charge in [0.25, 0.3) is 0 Å². The number of carbonyl (C=O) groups is 5. The number of nitrogens with zero attached hydrogens (tertiary/aromatic N) is 1. The van der Waals surface area contributed by atoms with Crippen LogP contribution in [0.25, 0.3) is 0 Å². The summed E-state index contributed by atoms with van der Waals surface area (Å²) < 4.78 is 4.89. The van der Waals surface area contributed by atoms with Gasteiger partial charge < -0.3 is 25.6 Å². The van der Waals surface area contributed by atoms with E-state index >= 15 is 0 Å². The molecule has 3 rings (SSSR count). The monoisotopic (exact) mass is 478 g/mol. The molecule has 3 fully saturated rings. The van der Waals surface area contributed by atoms with Gasteiger partial charge in [0.1, 0.15) is 18.1 Å². The van der Waals surface area contributed by atoms with Crippen molar-refractivity contribution in [1.29, 1.82) is 0 Å². The van der Waals surface area contributed by atoms with Gasteiger partial charge in [-0.1, -0.05) is 34.6 Å². The zero-order chi connectivity index (χ0) is 25.6. The van der Waals surface area contributed by atoms with Crippen molar-refractivity contribution in [2.24, 2.45) is 28.6 Å². The van der Waals surface area contributed by atoms with Gasteiger partial charge in [-0.2, -0.15) is 0 Å². The number of amides is 4. The Bertz CT molecular complexity index is 879. The Morgan fingerprint density at radius 2 is 1.85 bits per heavy atom. The number of likely N-dealkylation sites (tertiary alicyclic amines) is 1. The molecule has 1 unspecified atom stereocenters. The fraction of sp³-hybridized carbons (Fsp3) is 0.792. The molecule has 3 N–H and O–H groups in total. The fourth-order valence-electron chi connectivity index (χ4n) is 5.60. The van der Waals surface area contributed by atoms with Gasteiger partial charge in [-0.05, 0) is 35.5 Å². The molecule has 1 saturated carbocycles. The predicted molar refractivity (Wildman–Crippen MR) is 123 cm³/mol. The average molecular weight is 479 g/mol. The second-order valence-corrected chi connectivity index (χ2v) is 11.5. The van der Waals surface area contributed by atoms with E-state index in [-0.39, 0.29) is 47.3 Å². The predicted octanol–water partition coefficient (Wildman–Crippen LogP) is 0.204. The molecule has 2 saturated heterocycles. The Labute approximate surface area is 200 Å². The molecular weight excluding hydrogens is 440 g/mol. The van der Waals surface area contributed by atoms with E-state index in [4.69, 9.17) is 4.74 Å². The van der Waals surface area contributed by atoms with E-state index in [1.54, 1.807) is 4.90 Å². The molecule has 34 heavy (non-hydrogen) atoms. The van der Waals surface area contributed by atoms with Crippen molar-refractivity contribution in [3.63, 3.8) is 0 Å². The number of hydrogen-bond donors (Lipinski definition) is 3. The van der Waals surface area contributed by atoms with Crippen LogP contribution < -0.4 is 16.0 Å². The van der Waals surface area contributed by atoms with Crippen LogP contribution in [0.3, 0.4) is 0 Å². The molecule has 6 atom stereocenters. The number of esters is 1. The number of methoxy groups -OCH3 is 1. The second-order valence-electron chi connectivity index (χ2n) is 11.5. The molecule has 0 spiro atoms. The third-order valence-corrected chi connectivity index (χ3v) is 7.71. The smallest absolute Gasteiger partial charge is 0.328 e. The summed E-state index contributed by atoms with van der Waals surface area (Å²) in [5.41, 5.74) is -0.674. The maximum Gasteiger partial charge on any atom is 0.328 e. The van der Waals surface area contributed by atoms with Crippen LogP contribution in [-0.4, -0.2) is 72.8 Å². The van der Waals surface area contributed by atoms with Crippen LogP contribution >= 0.6 is 0 Å². The molecule has 0 aromatic carbocycles. The largest absolute Gasteiger partial charge is 0.467 e. The molecule has 190 valence electrons. The molecular formula is C24H38N4O6.